The predicted molar refractivity (Wildman–Crippen MR) is 131 cm³/mol. The molecule has 0 aliphatic carbocycles. The molecule has 1 saturated heterocycles. The molecule has 2 aliphatic rings. The number of hydrogen-bond acceptors (Lipinski definition) is 3. The van der Waals surface area contributed by atoms with Crippen LogP contribution in [0.25, 0.3) is 0 Å². The summed E-state index contributed by atoms with van der Waals surface area (Å²) in [5.41, 5.74) is 2.32. The van der Waals surface area contributed by atoms with Crippen molar-refractivity contribution in [2.75, 3.05) is 44.7 Å². The number of piperidine rings is 1. The maximum Gasteiger partial charge on any atom is 0.246 e. The van der Waals surface area contributed by atoms with Gasteiger partial charge in [0, 0.05) is 38.4 Å². The van der Waals surface area contributed by atoms with E-state index in [2.05, 4.69) is 33.5 Å². The summed E-state index contributed by atoms with van der Waals surface area (Å²) in [5.74, 6) is 0.794. The Labute approximate surface area is 192 Å². The molecular formula is C22H36IN5O. The highest BCUT2D eigenvalue weighted by molar-refractivity contribution is 14.0. The van der Waals surface area contributed by atoms with Crippen molar-refractivity contribution >= 4 is 41.5 Å². The van der Waals surface area contributed by atoms with Gasteiger partial charge >= 0.3 is 0 Å². The third-order valence-electron chi connectivity index (χ3n) is 5.90. The van der Waals surface area contributed by atoms with Crippen molar-refractivity contribution in [3.8, 4) is 0 Å². The number of aryl methyl sites for hydroxylation is 1. The average Bonchev–Trinajstić information content (AvgIpc) is 2.73. The predicted octanol–water partition coefficient (Wildman–Crippen LogP) is 3.01. The van der Waals surface area contributed by atoms with E-state index in [1.165, 1.54) is 31.4 Å². The molecule has 0 radical (unpaired) electrons. The lowest BCUT2D eigenvalue weighted by molar-refractivity contribution is -0.117. The molecular weight excluding hydrogens is 477 g/mol. The molecule has 29 heavy (non-hydrogen) atoms. The first kappa shape index (κ1) is 23.9. The Morgan fingerprint density at radius 3 is 2.79 bits per heavy atom. The maximum atomic E-state index is 12.7. The molecule has 3 rings (SSSR count). The van der Waals surface area contributed by atoms with Crippen molar-refractivity contribution in [3.63, 3.8) is 0 Å². The molecule has 0 aromatic heterocycles. The zero-order valence-corrected chi connectivity index (χ0v) is 20.2. The number of nitrogens with zero attached hydrogens (tertiary/aromatic N) is 3. The fourth-order valence-electron chi connectivity index (χ4n) is 4.25. The summed E-state index contributed by atoms with van der Waals surface area (Å²) in [6.07, 6.45) is 7.15. The second-order valence-electron chi connectivity index (χ2n) is 7.86. The molecule has 1 atom stereocenters. The molecule has 6 nitrogen and oxygen atoms in total. The number of likely N-dealkylation sites (tertiary alicyclic amines) is 1. The molecule has 0 spiro atoms. The number of hydrogen-bond donors (Lipinski definition) is 2. The number of nitrogens with one attached hydrogen (secondary N) is 2. The average molecular weight is 513 g/mol. The van der Waals surface area contributed by atoms with Gasteiger partial charge in [-0.05, 0) is 57.2 Å². The Balaban J connectivity index is 0.00000300. The van der Waals surface area contributed by atoms with Gasteiger partial charge in [0.2, 0.25) is 5.91 Å². The Kier molecular flexibility index (Phi) is 10.2. The van der Waals surface area contributed by atoms with E-state index in [1.807, 2.05) is 23.1 Å². The Morgan fingerprint density at radius 1 is 1.17 bits per heavy atom. The molecule has 1 fully saturated rings. The highest BCUT2D eigenvalue weighted by Crippen LogP contribution is 2.26. The molecule has 1 aromatic carbocycles. The van der Waals surface area contributed by atoms with E-state index >= 15 is 0 Å². The minimum absolute atomic E-state index is 0. The number of aliphatic imine (C=N–C) groups is 1. The molecule has 2 aliphatic heterocycles. The molecule has 1 aromatic rings. The number of anilines is 1. The Bertz CT molecular complexity index is 681. The van der Waals surface area contributed by atoms with Gasteiger partial charge in [0.05, 0.1) is 6.54 Å². The Morgan fingerprint density at radius 2 is 2.00 bits per heavy atom. The molecule has 0 saturated carbocycles. The second-order valence-corrected chi connectivity index (χ2v) is 7.86. The van der Waals surface area contributed by atoms with Crippen molar-refractivity contribution in [3.05, 3.63) is 29.8 Å². The van der Waals surface area contributed by atoms with Crippen LogP contribution in [0.15, 0.2) is 29.3 Å². The third-order valence-corrected chi connectivity index (χ3v) is 5.90. The number of carbonyl (C=O) groups is 1. The van der Waals surface area contributed by atoms with Gasteiger partial charge in [0.1, 0.15) is 0 Å². The standard InChI is InChI=1S/C22H35N5O.HI/c1-18-9-5-6-14-26(18)15-8-13-24-22(23-2)25-17-21(28)27-16-7-11-19-10-3-4-12-20(19)27;/h3-4,10,12,18H,5-9,11,13-17H2,1-2H3,(H2,23,24,25);1H. The van der Waals surface area contributed by atoms with Gasteiger partial charge in [-0.2, -0.15) is 0 Å². The van der Waals surface area contributed by atoms with Gasteiger partial charge in [0.15, 0.2) is 5.96 Å². The molecule has 1 amide bonds. The summed E-state index contributed by atoms with van der Waals surface area (Å²) in [6.45, 7) is 6.59. The van der Waals surface area contributed by atoms with E-state index in [0.29, 0.717) is 12.0 Å². The number of guanidine groups is 1. The van der Waals surface area contributed by atoms with E-state index < -0.39 is 0 Å². The van der Waals surface area contributed by atoms with Crippen molar-refractivity contribution in [1.29, 1.82) is 0 Å². The number of halogens is 1. The first-order chi connectivity index (χ1) is 13.7. The number of para-hydroxylation sites is 1. The van der Waals surface area contributed by atoms with Crippen LogP contribution in [0.5, 0.6) is 0 Å². The Hall–Kier alpha value is -1.35. The quantitative estimate of drug-likeness (QED) is 0.266. The van der Waals surface area contributed by atoms with Gasteiger partial charge in [0.25, 0.3) is 0 Å². The summed E-state index contributed by atoms with van der Waals surface area (Å²) in [4.78, 5) is 21.5. The minimum Gasteiger partial charge on any atom is -0.356 e. The minimum atomic E-state index is 0. The second kappa shape index (κ2) is 12.4. The van der Waals surface area contributed by atoms with E-state index in [9.17, 15) is 4.79 Å². The number of amides is 1. The summed E-state index contributed by atoms with van der Waals surface area (Å²) < 4.78 is 0. The summed E-state index contributed by atoms with van der Waals surface area (Å²) in [7, 11) is 1.75. The van der Waals surface area contributed by atoms with E-state index in [4.69, 9.17) is 0 Å². The topological polar surface area (TPSA) is 60.0 Å². The third kappa shape index (κ3) is 6.84. The van der Waals surface area contributed by atoms with E-state index in [-0.39, 0.29) is 36.4 Å². The van der Waals surface area contributed by atoms with E-state index in [1.54, 1.807) is 7.05 Å². The normalized spacial score (nSPS) is 19.9. The largest absolute Gasteiger partial charge is 0.356 e. The number of rotatable bonds is 6. The lowest BCUT2D eigenvalue weighted by Crippen LogP contribution is -2.46. The summed E-state index contributed by atoms with van der Waals surface area (Å²) in [5, 5.41) is 6.52. The van der Waals surface area contributed by atoms with Crippen LogP contribution in [0, 0.1) is 0 Å². The first-order valence-electron chi connectivity index (χ1n) is 10.8. The number of carbonyl (C=O) groups excluding carboxylic acids is 1. The first-order valence-corrected chi connectivity index (χ1v) is 10.8. The zero-order chi connectivity index (χ0) is 19.8. The van der Waals surface area contributed by atoms with Crippen LogP contribution >= 0.6 is 24.0 Å². The van der Waals surface area contributed by atoms with Crippen LogP contribution < -0.4 is 15.5 Å². The van der Waals surface area contributed by atoms with Crippen LogP contribution in [0.3, 0.4) is 0 Å². The number of benzene rings is 1. The van der Waals surface area contributed by atoms with Gasteiger partial charge in [-0.25, -0.2) is 0 Å². The molecule has 1 unspecified atom stereocenters. The SMILES string of the molecule is CN=C(NCCCN1CCCCC1C)NCC(=O)N1CCCc2ccccc21.I. The van der Waals surface area contributed by atoms with Crippen LogP contribution in [-0.4, -0.2) is 62.6 Å². The van der Waals surface area contributed by atoms with Crippen LogP contribution in [0.2, 0.25) is 0 Å². The van der Waals surface area contributed by atoms with Gasteiger partial charge in [-0.15, -0.1) is 24.0 Å². The summed E-state index contributed by atoms with van der Waals surface area (Å²) >= 11 is 0. The maximum absolute atomic E-state index is 12.7. The molecule has 2 heterocycles. The number of fused-ring (bicyclic) bond motifs is 1. The summed E-state index contributed by atoms with van der Waals surface area (Å²) in [6, 6.07) is 8.91. The highest BCUT2D eigenvalue weighted by Gasteiger charge is 2.22. The van der Waals surface area contributed by atoms with Crippen molar-refractivity contribution in [2.24, 2.45) is 4.99 Å². The lowest BCUT2D eigenvalue weighted by atomic mass is 10.0. The molecule has 0 bridgehead atoms. The monoisotopic (exact) mass is 513 g/mol. The van der Waals surface area contributed by atoms with Crippen LogP contribution in [0.1, 0.15) is 44.6 Å². The van der Waals surface area contributed by atoms with Crippen LogP contribution in [0.4, 0.5) is 5.69 Å². The van der Waals surface area contributed by atoms with Gasteiger partial charge in [-0.3, -0.25) is 9.79 Å². The van der Waals surface area contributed by atoms with E-state index in [0.717, 1.165) is 44.6 Å². The van der Waals surface area contributed by atoms with Crippen molar-refractivity contribution in [2.45, 2.75) is 51.5 Å². The highest BCUT2D eigenvalue weighted by atomic mass is 127. The van der Waals surface area contributed by atoms with Crippen molar-refractivity contribution < 1.29 is 4.79 Å². The fourth-order valence-corrected chi connectivity index (χ4v) is 4.25. The van der Waals surface area contributed by atoms with Crippen molar-refractivity contribution in [1.82, 2.24) is 15.5 Å². The van der Waals surface area contributed by atoms with Gasteiger partial charge in [-0.1, -0.05) is 24.6 Å². The molecule has 7 heteroatoms. The lowest BCUT2D eigenvalue weighted by Gasteiger charge is -2.33. The molecule has 162 valence electrons. The zero-order valence-electron chi connectivity index (χ0n) is 17.8. The fraction of sp³-hybridized carbons (Fsp3) is 0.636. The van der Waals surface area contributed by atoms with Crippen LogP contribution in [-0.2, 0) is 11.2 Å². The smallest absolute Gasteiger partial charge is 0.246 e. The molecule has 2 N–H and O–H groups in total. The van der Waals surface area contributed by atoms with Gasteiger partial charge < -0.3 is 20.4 Å².